The van der Waals surface area contributed by atoms with Gasteiger partial charge in [-0.25, -0.2) is 4.98 Å². The molecule has 1 unspecified atom stereocenters. The summed E-state index contributed by atoms with van der Waals surface area (Å²) in [4.78, 5) is 17.6. The van der Waals surface area contributed by atoms with Crippen molar-refractivity contribution in [1.82, 2.24) is 9.97 Å². The van der Waals surface area contributed by atoms with E-state index in [-0.39, 0.29) is 17.4 Å². The van der Waals surface area contributed by atoms with E-state index in [0.29, 0.717) is 0 Å². The smallest absolute Gasteiger partial charge is 0.290 e. The lowest BCUT2D eigenvalue weighted by atomic mass is 10.2. The molecule has 0 aliphatic heterocycles. The summed E-state index contributed by atoms with van der Waals surface area (Å²) in [6, 6.07) is -0.129. The Bertz CT molecular complexity index is 377. The molecule has 0 aromatic carbocycles. The summed E-state index contributed by atoms with van der Waals surface area (Å²) in [6.07, 6.45) is 10.1. The number of nitrogens with one attached hydrogen (secondary N) is 2. The van der Waals surface area contributed by atoms with Crippen LogP contribution in [0.4, 0.5) is 5.82 Å². The van der Waals surface area contributed by atoms with Gasteiger partial charge in [0.25, 0.3) is 5.56 Å². The molecule has 1 atom stereocenters. The second-order valence-electron chi connectivity index (χ2n) is 2.92. The quantitative estimate of drug-likeness (QED) is 0.697. The maximum Gasteiger partial charge on any atom is 0.290 e. The van der Waals surface area contributed by atoms with E-state index in [4.69, 9.17) is 6.42 Å². The summed E-state index contributed by atoms with van der Waals surface area (Å²) in [7, 11) is 0. The molecule has 0 bridgehead atoms. The first-order valence-electron chi connectivity index (χ1n) is 4.54. The van der Waals surface area contributed by atoms with Crippen LogP contribution in [0.15, 0.2) is 17.2 Å². The minimum absolute atomic E-state index is 0.129. The Morgan fingerprint density at radius 2 is 2.57 bits per heavy atom. The van der Waals surface area contributed by atoms with Crippen molar-refractivity contribution in [3.8, 4) is 12.3 Å². The molecule has 0 fully saturated rings. The van der Waals surface area contributed by atoms with Crippen LogP contribution in [0.3, 0.4) is 0 Å². The molecule has 14 heavy (non-hydrogen) atoms. The Balaban J connectivity index is 2.73. The number of anilines is 1. The van der Waals surface area contributed by atoms with Crippen molar-refractivity contribution in [3.05, 3.63) is 22.7 Å². The second kappa shape index (κ2) is 5.07. The van der Waals surface area contributed by atoms with Gasteiger partial charge in [0, 0.05) is 12.4 Å². The molecule has 0 saturated carbocycles. The Morgan fingerprint density at radius 1 is 1.79 bits per heavy atom. The van der Waals surface area contributed by atoms with E-state index in [1.807, 2.05) is 6.92 Å². The van der Waals surface area contributed by atoms with Gasteiger partial charge in [-0.1, -0.05) is 19.3 Å². The third kappa shape index (κ3) is 2.63. The molecule has 1 aromatic rings. The molecular weight excluding hydrogens is 178 g/mol. The van der Waals surface area contributed by atoms with Crippen LogP contribution < -0.4 is 10.9 Å². The van der Waals surface area contributed by atoms with Crippen LogP contribution in [0.2, 0.25) is 0 Å². The minimum atomic E-state index is -0.246. The number of hydrogen-bond acceptors (Lipinski definition) is 3. The zero-order chi connectivity index (χ0) is 10.4. The number of H-pyrrole nitrogens is 1. The highest BCUT2D eigenvalue weighted by Crippen LogP contribution is 2.01. The van der Waals surface area contributed by atoms with Gasteiger partial charge in [-0.15, -0.1) is 6.42 Å². The predicted octanol–water partition coefficient (Wildman–Crippen LogP) is 0.984. The largest absolute Gasteiger partial charge is 0.352 e. The fourth-order valence-corrected chi connectivity index (χ4v) is 1.11. The summed E-state index contributed by atoms with van der Waals surface area (Å²) in [5, 5.41) is 2.91. The Morgan fingerprint density at radius 3 is 3.14 bits per heavy atom. The highest BCUT2D eigenvalue weighted by molar-refractivity contribution is 5.34. The van der Waals surface area contributed by atoms with Crippen molar-refractivity contribution in [3.63, 3.8) is 0 Å². The molecule has 2 N–H and O–H groups in total. The summed E-state index contributed by atoms with van der Waals surface area (Å²) in [5.74, 6) is 2.86. The number of hydrogen-bond donors (Lipinski definition) is 2. The van der Waals surface area contributed by atoms with E-state index in [1.165, 1.54) is 12.4 Å². The first kappa shape index (κ1) is 10.3. The summed E-state index contributed by atoms with van der Waals surface area (Å²) < 4.78 is 0. The molecule has 74 valence electrons. The average Bonchev–Trinajstić information content (AvgIpc) is 2.20. The van der Waals surface area contributed by atoms with Crippen LogP contribution in [0, 0.1) is 12.3 Å². The maximum absolute atomic E-state index is 11.2. The van der Waals surface area contributed by atoms with Crippen molar-refractivity contribution < 1.29 is 0 Å². The fraction of sp³-hybridized carbons (Fsp3) is 0.400. The standard InChI is InChI=1S/C10H13N3O/c1-3-5-8(4-2)13-9-10(14)12-7-6-11-9/h2,6-8H,3,5H2,1H3,(H,11,13)(H,12,14). The van der Waals surface area contributed by atoms with Gasteiger partial charge in [-0.05, 0) is 6.42 Å². The molecule has 1 aromatic heterocycles. The first-order valence-corrected chi connectivity index (χ1v) is 4.54. The van der Waals surface area contributed by atoms with E-state index in [9.17, 15) is 4.79 Å². The van der Waals surface area contributed by atoms with Crippen LogP contribution in [0.5, 0.6) is 0 Å². The van der Waals surface area contributed by atoms with Gasteiger partial charge in [0.05, 0.1) is 6.04 Å². The Hall–Kier alpha value is -1.76. The Kier molecular flexibility index (Phi) is 3.74. The Labute approximate surface area is 82.8 Å². The highest BCUT2D eigenvalue weighted by atomic mass is 16.1. The first-order chi connectivity index (χ1) is 6.77. The van der Waals surface area contributed by atoms with Crippen molar-refractivity contribution in [2.45, 2.75) is 25.8 Å². The predicted molar refractivity (Wildman–Crippen MR) is 56.0 cm³/mol. The molecular formula is C10H13N3O. The van der Waals surface area contributed by atoms with Gasteiger partial charge >= 0.3 is 0 Å². The molecule has 0 amide bonds. The lowest BCUT2D eigenvalue weighted by Crippen LogP contribution is -2.23. The van der Waals surface area contributed by atoms with Crippen LogP contribution in [0.1, 0.15) is 19.8 Å². The van der Waals surface area contributed by atoms with E-state index in [1.54, 1.807) is 0 Å². The molecule has 0 radical (unpaired) electrons. The molecule has 0 saturated heterocycles. The molecule has 0 aliphatic rings. The van der Waals surface area contributed by atoms with E-state index >= 15 is 0 Å². The normalized spacial score (nSPS) is 11.7. The van der Waals surface area contributed by atoms with Crippen LogP contribution >= 0.6 is 0 Å². The van der Waals surface area contributed by atoms with Crippen LogP contribution in [-0.2, 0) is 0 Å². The summed E-state index contributed by atoms with van der Waals surface area (Å²) in [6.45, 7) is 2.04. The second-order valence-corrected chi connectivity index (χ2v) is 2.92. The number of aromatic amines is 1. The number of nitrogens with zero attached hydrogens (tertiary/aromatic N) is 1. The minimum Gasteiger partial charge on any atom is -0.352 e. The zero-order valence-corrected chi connectivity index (χ0v) is 8.08. The average molecular weight is 191 g/mol. The van der Waals surface area contributed by atoms with Gasteiger partial charge in [0.15, 0.2) is 5.82 Å². The number of aromatic nitrogens is 2. The molecule has 0 spiro atoms. The van der Waals surface area contributed by atoms with Gasteiger partial charge in [0.1, 0.15) is 0 Å². The number of rotatable bonds is 4. The molecule has 4 heteroatoms. The lowest BCUT2D eigenvalue weighted by Gasteiger charge is -2.10. The van der Waals surface area contributed by atoms with E-state index < -0.39 is 0 Å². The summed E-state index contributed by atoms with van der Waals surface area (Å²) >= 11 is 0. The van der Waals surface area contributed by atoms with Crippen molar-refractivity contribution in [2.24, 2.45) is 0 Å². The molecule has 1 heterocycles. The van der Waals surface area contributed by atoms with Gasteiger partial charge in [-0.2, -0.15) is 0 Å². The monoisotopic (exact) mass is 191 g/mol. The van der Waals surface area contributed by atoms with Crippen LogP contribution in [-0.4, -0.2) is 16.0 Å². The molecule has 1 rings (SSSR count). The lowest BCUT2D eigenvalue weighted by molar-refractivity contribution is 0.750. The van der Waals surface area contributed by atoms with Gasteiger partial charge in [0.2, 0.25) is 0 Å². The maximum atomic E-state index is 11.2. The topological polar surface area (TPSA) is 57.8 Å². The van der Waals surface area contributed by atoms with Gasteiger partial charge in [-0.3, -0.25) is 4.79 Å². The number of terminal acetylenes is 1. The SMILES string of the molecule is C#CC(CCC)Nc1ncc[nH]c1=O. The van der Waals surface area contributed by atoms with Crippen molar-refractivity contribution in [2.75, 3.05) is 5.32 Å². The van der Waals surface area contributed by atoms with Crippen molar-refractivity contribution in [1.29, 1.82) is 0 Å². The third-order valence-corrected chi connectivity index (χ3v) is 1.80. The molecule has 0 aliphatic carbocycles. The van der Waals surface area contributed by atoms with Crippen LogP contribution in [0.25, 0.3) is 0 Å². The molecule has 4 nitrogen and oxygen atoms in total. The van der Waals surface area contributed by atoms with Gasteiger partial charge < -0.3 is 10.3 Å². The fourth-order valence-electron chi connectivity index (χ4n) is 1.11. The van der Waals surface area contributed by atoms with E-state index in [0.717, 1.165) is 12.8 Å². The van der Waals surface area contributed by atoms with E-state index in [2.05, 4.69) is 21.2 Å². The highest BCUT2D eigenvalue weighted by Gasteiger charge is 2.06. The summed E-state index contributed by atoms with van der Waals surface area (Å²) in [5.41, 5.74) is -0.246. The zero-order valence-electron chi connectivity index (χ0n) is 8.08. The third-order valence-electron chi connectivity index (χ3n) is 1.80. The van der Waals surface area contributed by atoms with Crippen molar-refractivity contribution >= 4 is 5.82 Å².